The monoisotopic (exact) mass is 238 g/mol. The van der Waals surface area contributed by atoms with Crippen LogP contribution in [0.1, 0.15) is 20.3 Å². The molecule has 0 saturated heterocycles. The van der Waals surface area contributed by atoms with Crippen molar-refractivity contribution in [3.05, 3.63) is 30.3 Å². The molecule has 1 rings (SSSR count). The van der Waals surface area contributed by atoms with Crippen LogP contribution in [0.25, 0.3) is 0 Å². The smallest absolute Gasteiger partial charge is 0.306 e. The van der Waals surface area contributed by atoms with Crippen molar-refractivity contribution < 1.29 is 9.90 Å². The lowest BCUT2D eigenvalue weighted by Crippen LogP contribution is -2.20. The average molecular weight is 238 g/mol. The Balaban J connectivity index is 2.37. The number of hydrogen-bond donors (Lipinski definition) is 1. The molecule has 0 aliphatic rings. The van der Waals surface area contributed by atoms with Gasteiger partial charge < -0.3 is 5.11 Å². The summed E-state index contributed by atoms with van der Waals surface area (Å²) >= 11 is 1.72. The summed E-state index contributed by atoms with van der Waals surface area (Å²) in [5.74, 6) is 0.160. The number of carboxylic acids is 1. The number of thioether (sulfide) groups is 1. The molecule has 16 heavy (non-hydrogen) atoms. The van der Waals surface area contributed by atoms with Crippen molar-refractivity contribution in [2.24, 2.45) is 11.8 Å². The second kappa shape index (κ2) is 6.59. The van der Waals surface area contributed by atoms with Crippen molar-refractivity contribution in [1.29, 1.82) is 0 Å². The normalized spacial score (nSPS) is 12.7. The summed E-state index contributed by atoms with van der Waals surface area (Å²) in [4.78, 5) is 12.2. The van der Waals surface area contributed by atoms with Crippen molar-refractivity contribution in [2.45, 2.75) is 25.2 Å². The molecule has 0 spiro atoms. The number of aliphatic carboxylic acids is 1. The molecule has 0 heterocycles. The first-order chi connectivity index (χ1) is 7.61. The lowest BCUT2D eigenvalue weighted by molar-refractivity contribution is -0.143. The summed E-state index contributed by atoms with van der Waals surface area (Å²) in [5.41, 5.74) is 0. The van der Waals surface area contributed by atoms with Gasteiger partial charge in [-0.1, -0.05) is 32.0 Å². The molecule has 0 bridgehead atoms. The van der Waals surface area contributed by atoms with E-state index < -0.39 is 5.97 Å². The van der Waals surface area contributed by atoms with Crippen LogP contribution in [-0.4, -0.2) is 16.8 Å². The Morgan fingerprint density at radius 2 is 1.94 bits per heavy atom. The molecule has 1 N–H and O–H groups in total. The predicted octanol–water partition coefficient (Wildman–Crippen LogP) is 3.53. The Hall–Kier alpha value is -0.960. The van der Waals surface area contributed by atoms with Crippen LogP contribution in [0.15, 0.2) is 35.2 Å². The first-order valence-corrected chi connectivity index (χ1v) is 6.50. The van der Waals surface area contributed by atoms with Gasteiger partial charge in [-0.3, -0.25) is 4.79 Å². The van der Waals surface area contributed by atoms with Crippen molar-refractivity contribution >= 4 is 17.7 Å². The van der Waals surface area contributed by atoms with Gasteiger partial charge in [0.1, 0.15) is 0 Å². The molecule has 0 aromatic heterocycles. The van der Waals surface area contributed by atoms with Gasteiger partial charge >= 0.3 is 5.97 Å². The Kier molecular flexibility index (Phi) is 5.39. The summed E-state index contributed by atoms with van der Waals surface area (Å²) < 4.78 is 0. The topological polar surface area (TPSA) is 37.3 Å². The SMILES string of the molecule is CC(C)C(CCSc1ccccc1)C(=O)O. The maximum absolute atomic E-state index is 11.0. The maximum Gasteiger partial charge on any atom is 0.306 e. The van der Waals surface area contributed by atoms with Gasteiger partial charge in [-0.2, -0.15) is 0 Å². The molecule has 1 aromatic rings. The average Bonchev–Trinajstić information content (AvgIpc) is 2.24. The minimum atomic E-state index is -0.677. The van der Waals surface area contributed by atoms with Crippen LogP contribution in [0.2, 0.25) is 0 Å². The van der Waals surface area contributed by atoms with Crippen molar-refractivity contribution in [3.8, 4) is 0 Å². The zero-order valence-electron chi connectivity index (χ0n) is 9.72. The highest BCUT2D eigenvalue weighted by Crippen LogP contribution is 2.23. The molecular formula is C13H18O2S. The number of carbonyl (C=O) groups is 1. The van der Waals surface area contributed by atoms with Gasteiger partial charge in [0.25, 0.3) is 0 Å². The number of rotatable bonds is 6. The van der Waals surface area contributed by atoms with E-state index in [9.17, 15) is 4.79 Å². The Bertz CT molecular complexity index is 322. The number of hydrogen-bond acceptors (Lipinski definition) is 2. The number of carboxylic acid groups (broad SMARTS) is 1. The van der Waals surface area contributed by atoms with E-state index >= 15 is 0 Å². The maximum atomic E-state index is 11.0. The van der Waals surface area contributed by atoms with E-state index in [1.54, 1.807) is 11.8 Å². The highest BCUT2D eigenvalue weighted by molar-refractivity contribution is 7.99. The molecular weight excluding hydrogens is 220 g/mol. The van der Waals surface area contributed by atoms with Gasteiger partial charge in [-0.15, -0.1) is 11.8 Å². The minimum absolute atomic E-state index is 0.203. The Labute approximate surface area is 101 Å². The molecule has 88 valence electrons. The van der Waals surface area contributed by atoms with Crippen LogP contribution in [0.4, 0.5) is 0 Å². The molecule has 1 aromatic carbocycles. The molecule has 0 aliphatic carbocycles. The van der Waals surface area contributed by atoms with E-state index in [4.69, 9.17) is 5.11 Å². The summed E-state index contributed by atoms with van der Waals surface area (Å²) in [5, 5.41) is 9.03. The Morgan fingerprint density at radius 3 is 2.44 bits per heavy atom. The summed E-state index contributed by atoms with van der Waals surface area (Å²) in [7, 11) is 0. The van der Waals surface area contributed by atoms with Crippen LogP contribution in [0.5, 0.6) is 0 Å². The first-order valence-electron chi connectivity index (χ1n) is 5.52. The fourth-order valence-electron chi connectivity index (χ4n) is 1.56. The third-order valence-corrected chi connectivity index (χ3v) is 3.61. The fourth-order valence-corrected chi connectivity index (χ4v) is 2.52. The molecule has 1 unspecified atom stereocenters. The molecule has 0 radical (unpaired) electrons. The van der Waals surface area contributed by atoms with E-state index in [0.717, 1.165) is 12.2 Å². The molecule has 0 aliphatic heterocycles. The van der Waals surface area contributed by atoms with Crippen LogP contribution in [-0.2, 0) is 4.79 Å². The Morgan fingerprint density at radius 1 is 1.31 bits per heavy atom. The molecule has 3 heteroatoms. The predicted molar refractivity (Wildman–Crippen MR) is 67.7 cm³/mol. The van der Waals surface area contributed by atoms with Gasteiger partial charge in [0.2, 0.25) is 0 Å². The van der Waals surface area contributed by atoms with Gasteiger partial charge in [0.15, 0.2) is 0 Å². The van der Waals surface area contributed by atoms with Crippen LogP contribution in [0, 0.1) is 11.8 Å². The zero-order valence-corrected chi connectivity index (χ0v) is 10.5. The van der Waals surface area contributed by atoms with E-state index in [0.29, 0.717) is 0 Å². The summed E-state index contributed by atoms with van der Waals surface area (Å²) in [6, 6.07) is 10.1. The third kappa shape index (κ3) is 4.27. The number of benzene rings is 1. The molecule has 1 atom stereocenters. The lowest BCUT2D eigenvalue weighted by atomic mass is 9.94. The first kappa shape index (κ1) is 13.1. The third-order valence-electron chi connectivity index (χ3n) is 2.56. The van der Waals surface area contributed by atoms with Crippen molar-refractivity contribution in [2.75, 3.05) is 5.75 Å². The van der Waals surface area contributed by atoms with Crippen LogP contribution < -0.4 is 0 Å². The van der Waals surface area contributed by atoms with Gasteiger partial charge in [-0.25, -0.2) is 0 Å². The van der Waals surface area contributed by atoms with Gasteiger partial charge in [-0.05, 0) is 30.2 Å². The highest BCUT2D eigenvalue weighted by Gasteiger charge is 2.20. The summed E-state index contributed by atoms with van der Waals surface area (Å²) in [6.45, 7) is 3.93. The summed E-state index contributed by atoms with van der Waals surface area (Å²) in [6.07, 6.45) is 0.729. The van der Waals surface area contributed by atoms with Crippen molar-refractivity contribution in [1.82, 2.24) is 0 Å². The molecule has 0 fully saturated rings. The highest BCUT2D eigenvalue weighted by atomic mass is 32.2. The second-order valence-corrected chi connectivity index (χ2v) is 5.31. The van der Waals surface area contributed by atoms with Gasteiger partial charge in [0.05, 0.1) is 5.92 Å². The molecule has 2 nitrogen and oxygen atoms in total. The standard InChI is InChI=1S/C13H18O2S/c1-10(2)12(13(14)15)8-9-16-11-6-4-3-5-7-11/h3-7,10,12H,8-9H2,1-2H3,(H,14,15). The van der Waals surface area contributed by atoms with Crippen LogP contribution in [0.3, 0.4) is 0 Å². The van der Waals surface area contributed by atoms with E-state index in [1.807, 2.05) is 32.0 Å². The second-order valence-electron chi connectivity index (χ2n) is 4.14. The minimum Gasteiger partial charge on any atom is -0.481 e. The van der Waals surface area contributed by atoms with E-state index in [-0.39, 0.29) is 11.8 Å². The quantitative estimate of drug-likeness (QED) is 0.770. The van der Waals surface area contributed by atoms with Crippen LogP contribution >= 0.6 is 11.8 Å². The fraction of sp³-hybridized carbons (Fsp3) is 0.462. The molecule has 0 saturated carbocycles. The zero-order chi connectivity index (χ0) is 12.0. The van der Waals surface area contributed by atoms with E-state index in [1.165, 1.54) is 4.90 Å². The van der Waals surface area contributed by atoms with Gasteiger partial charge in [0, 0.05) is 4.90 Å². The largest absolute Gasteiger partial charge is 0.481 e. The van der Waals surface area contributed by atoms with E-state index in [2.05, 4.69) is 12.1 Å². The van der Waals surface area contributed by atoms with Crippen molar-refractivity contribution in [3.63, 3.8) is 0 Å². The lowest BCUT2D eigenvalue weighted by Gasteiger charge is -2.15. The molecule has 0 amide bonds.